The summed E-state index contributed by atoms with van der Waals surface area (Å²) in [4.78, 5) is 2.45. The summed E-state index contributed by atoms with van der Waals surface area (Å²) in [5.41, 5.74) is 1.25. The van der Waals surface area contributed by atoms with Crippen molar-refractivity contribution in [3.8, 4) is 0 Å². The first-order chi connectivity index (χ1) is 9.22. The maximum Gasteiger partial charge on any atom is 0.120 e. The molecular weight excluding hydrogens is 240 g/mol. The van der Waals surface area contributed by atoms with Gasteiger partial charge in [-0.1, -0.05) is 6.92 Å². The Kier molecular flexibility index (Phi) is 5.43. The van der Waals surface area contributed by atoms with Crippen molar-refractivity contribution in [3.05, 3.63) is 23.2 Å². The number of hydrogen-bond donors (Lipinski definition) is 1. The number of aryl methyl sites for hydroxylation is 1. The molecule has 0 unspecified atom stereocenters. The van der Waals surface area contributed by atoms with E-state index in [0.717, 1.165) is 57.1 Å². The summed E-state index contributed by atoms with van der Waals surface area (Å²) < 4.78 is 11.3. The third-order valence-electron chi connectivity index (χ3n) is 3.85. The number of hydrogen-bond acceptors (Lipinski definition) is 4. The summed E-state index contributed by atoms with van der Waals surface area (Å²) in [6.45, 7) is 9.15. The van der Waals surface area contributed by atoms with Gasteiger partial charge < -0.3 is 14.5 Å². The Morgan fingerprint density at radius 3 is 2.79 bits per heavy atom. The minimum atomic E-state index is 0.443. The molecule has 108 valence electrons. The van der Waals surface area contributed by atoms with Crippen LogP contribution in [-0.4, -0.2) is 37.7 Å². The lowest BCUT2D eigenvalue weighted by molar-refractivity contribution is 0.0369. The van der Waals surface area contributed by atoms with E-state index in [1.54, 1.807) is 0 Å². The molecule has 1 fully saturated rings. The van der Waals surface area contributed by atoms with E-state index in [2.05, 4.69) is 30.1 Å². The van der Waals surface area contributed by atoms with E-state index in [1.165, 1.54) is 5.56 Å². The van der Waals surface area contributed by atoms with Gasteiger partial charge in [0.05, 0.1) is 19.2 Å². The average molecular weight is 266 g/mol. The van der Waals surface area contributed by atoms with Crippen molar-refractivity contribution in [1.82, 2.24) is 10.2 Å². The molecule has 2 heterocycles. The van der Waals surface area contributed by atoms with Crippen molar-refractivity contribution in [2.75, 3.05) is 26.7 Å². The Labute approximate surface area is 116 Å². The van der Waals surface area contributed by atoms with Crippen molar-refractivity contribution < 1.29 is 9.15 Å². The van der Waals surface area contributed by atoms with Gasteiger partial charge in [0.25, 0.3) is 0 Å². The SMILES string of the molecule is CCNCc1oc(CN2CCC(OC)CC2)cc1C. The Morgan fingerprint density at radius 2 is 2.16 bits per heavy atom. The predicted octanol–water partition coefficient (Wildman–Crippen LogP) is 2.31. The minimum absolute atomic E-state index is 0.443. The lowest BCUT2D eigenvalue weighted by Crippen LogP contribution is -2.36. The van der Waals surface area contributed by atoms with Gasteiger partial charge in [0.15, 0.2) is 0 Å². The van der Waals surface area contributed by atoms with Crippen LogP contribution in [0.4, 0.5) is 0 Å². The van der Waals surface area contributed by atoms with E-state index < -0.39 is 0 Å². The van der Waals surface area contributed by atoms with E-state index in [1.807, 2.05) is 7.11 Å². The van der Waals surface area contributed by atoms with Gasteiger partial charge in [-0.2, -0.15) is 0 Å². The number of furan rings is 1. The first kappa shape index (κ1) is 14.6. The van der Waals surface area contributed by atoms with Crippen LogP contribution in [0, 0.1) is 6.92 Å². The highest BCUT2D eigenvalue weighted by Crippen LogP contribution is 2.19. The zero-order chi connectivity index (χ0) is 13.7. The fourth-order valence-corrected chi connectivity index (χ4v) is 2.61. The first-order valence-corrected chi connectivity index (χ1v) is 7.27. The van der Waals surface area contributed by atoms with Crippen molar-refractivity contribution in [2.24, 2.45) is 0 Å². The highest BCUT2D eigenvalue weighted by Gasteiger charge is 2.20. The Hall–Kier alpha value is -0.840. The van der Waals surface area contributed by atoms with Gasteiger partial charge in [-0.3, -0.25) is 4.90 Å². The van der Waals surface area contributed by atoms with Crippen LogP contribution in [0.1, 0.15) is 36.8 Å². The molecule has 0 radical (unpaired) electrons. The molecule has 2 rings (SSSR count). The molecule has 0 bridgehead atoms. The number of likely N-dealkylation sites (tertiary alicyclic amines) is 1. The van der Waals surface area contributed by atoms with E-state index >= 15 is 0 Å². The summed E-state index contributed by atoms with van der Waals surface area (Å²) in [7, 11) is 1.81. The predicted molar refractivity (Wildman–Crippen MR) is 76.1 cm³/mol. The normalized spacial score (nSPS) is 18.1. The molecule has 1 aromatic rings. The number of methoxy groups -OCH3 is 1. The van der Waals surface area contributed by atoms with Crippen LogP contribution in [0.2, 0.25) is 0 Å². The van der Waals surface area contributed by atoms with Crippen LogP contribution >= 0.6 is 0 Å². The van der Waals surface area contributed by atoms with Crippen LogP contribution in [-0.2, 0) is 17.8 Å². The molecule has 1 saturated heterocycles. The highest BCUT2D eigenvalue weighted by molar-refractivity contribution is 5.20. The molecule has 4 heteroatoms. The van der Waals surface area contributed by atoms with Crippen LogP contribution in [0.25, 0.3) is 0 Å². The van der Waals surface area contributed by atoms with E-state index in [9.17, 15) is 0 Å². The third-order valence-corrected chi connectivity index (χ3v) is 3.85. The second kappa shape index (κ2) is 7.08. The lowest BCUT2D eigenvalue weighted by Gasteiger charge is -2.30. The summed E-state index contributed by atoms with van der Waals surface area (Å²) in [6.07, 6.45) is 2.69. The maximum absolute atomic E-state index is 5.94. The number of nitrogens with one attached hydrogen (secondary N) is 1. The van der Waals surface area contributed by atoms with Gasteiger partial charge in [0.1, 0.15) is 11.5 Å². The fourth-order valence-electron chi connectivity index (χ4n) is 2.61. The van der Waals surface area contributed by atoms with Gasteiger partial charge in [0, 0.05) is 20.2 Å². The molecule has 1 aliphatic rings. The van der Waals surface area contributed by atoms with Crippen LogP contribution in [0.5, 0.6) is 0 Å². The largest absolute Gasteiger partial charge is 0.463 e. The first-order valence-electron chi connectivity index (χ1n) is 7.27. The average Bonchev–Trinajstić information content (AvgIpc) is 2.77. The van der Waals surface area contributed by atoms with Crippen LogP contribution in [0.15, 0.2) is 10.5 Å². The standard InChI is InChI=1S/C15H26N2O2/c1-4-16-10-15-12(2)9-14(19-15)11-17-7-5-13(18-3)6-8-17/h9,13,16H,4-8,10-11H2,1-3H3. The zero-order valence-corrected chi connectivity index (χ0v) is 12.4. The quantitative estimate of drug-likeness (QED) is 0.857. The molecule has 1 aliphatic heterocycles. The Balaban J connectivity index is 1.86. The molecular formula is C15H26N2O2. The van der Waals surface area contributed by atoms with Crippen molar-refractivity contribution >= 4 is 0 Å². The maximum atomic E-state index is 5.94. The second-order valence-corrected chi connectivity index (χ2v) is 5.31. The molecule has 19 heavy (non-hydrogen) atoms. The highest BCUT2D eigenvalue weighted by atomic mass is 16.5. The summed E-state index contributed by atoms with van der Waals surface area (Å²) in [5, 5.41) is 3.31. The molecule has 1 aromatic heterocycles. The van der Waals surface area contributed by atoms with Gasteiger partial charge in [0.2, 0.25) is 0 Å². The number of piperidine rings is 1. The Morgan fingerprint density at radius 1 is 1.42 bits per heavy atom. The third kappa shape index (κ3) is 4.06. The summed E-state index contributed by atoms with van der Waals surface area (Å²) in [5.74, 6) is 2.16. The molecule has 0 aromatic carbocycles. The fraction of sp³-hybridized carbons (Fsp3) is 0.733. The molecule has 4 nitrogen and oxygen atoms in total. The zero-order valence-electron chi connectivity index (χ0n) is 12.4. The minimum Gasteiger partial charge on any atom is -0.463 e. The van der Waals surface area contributed by atoms with Gasteiger partial charge in [-0.05, 0) is 37.9 Å². The lowest BCUT2D eigenvalue weighted by atomic mass is 10.1. The number of rotatable bonds is 6. The van der Waals surface area contributed by atoms with Gasteiger partial charge >= 0.3 is 0 Å². The van der Waals surface area contributed by atoms with Crippen LogP contribution in [0.3, 0.4) is 0 Å². The van der Waals surface area contributed by atoms with Gasteiger partial charge in [-0.15, -0.1) is 0 Å². The molecule has 1 N–H and O–H groups in total. The topological polar surface area (TPSA) is 37.6 Å². The molecule has 0 aliphatic carbocycles. The Bertz CT molecular complexity index is 381. The van der Waals surface area contributed by atoms with Crippen molar-refractivity contribution in [1.29, 1.82) is 0 Å². The van der Waals surface area contributed by atoms with E-state index in [4.69, 9.17) is 9.15 Å². The van der Waals surface area contributed by atoms with Crippen molar-refractivity contribution in [2.45, 2.75) is 45.9 Å². The smallest absolute Gasteiger partial charge is 0.120 e. The van der Waals surface area contributed by atoms with Crippen LogP contribution < -0.4 is 5.32 Å². The second-order valence-electron chi connectivity index (χ2n) is 5.31. The van der Waals surface area contributed by atoms with E-state index in [-0.39, 0.29) is 0 Å². The molecule has 0 atom stereocenters. The van der Waals surface area contributed by atoms with Crippen molar-refractivity contribution in [3.63, 3.8) is 0 Å². The summed E-state index contributed by atoms with van der Waals surface area (Å²) >= 11 is 0. The molecule has 0 spiro atoms. The summed E-state index contributed by atoms with van der Waals surface area (Å²) in [6, 6.07) is 2.18. The molecule has 0 saturated carbocycles. The molecule has 0 amide bonds. The monoisotopic (exact) mass is 266 g/mol. The van der Waals surface area contributed by atoms with E-state index in [0.29, 0.717) is 6.10 Å². The number of ether oxygens (including phenoxy) is 1. The van der Waals surface area contributed by atoms with Gasteiger partial charge in [-0.25, -0.2) is 0 Å². The number of nitrogens with zero attached hydrogens (tertiary/aromatic N) is 1.